The molecule has 1 rings (SSSR count). The van der Waals surface area contributed by atoms with Crippen molar-refractivity contribution in [1.29, 1.82) is 0 Å². The van der Waals surface area contributed by atoms with Gasteiger partial charge in [-0.3, -0.25) is 9.69 Å². The molecule has 88 valence electrons. The van der Waals surface area contributed by atoms with E-state index in [1.807, 2.05) is 11.8 Å². The van der Waals surface area contributed by atoms with Gasteiger partial charge in [-0.15, -0.1) is 0 Å². The Morgan fingerprint density at radius 3 is 2.87 bits per heavy atom. The number of hydrogen-bond donors (Lipinski definition) is 2. The Bertz CT molecular complexity index is 221. The van der Waals surface area contributed by atoms with Crippen LogP contribution >= 0.6 is 0 Å². The van der Waals surface area contributed by atoms with Crippen molar-refractivity contribution in [2.45, 2.75) is 38.0 Å². The molecule has 1 aliphatic heterocycles. The molecule has 15 heavy (non-hydrogen) atoms. The van der Waals surface area contributed by atoms with Crippen LogP contribution < -0.4 is 0 Å². The van der Waals surface area contributed by atoms with Crippen molar-refractivity contribution in [2.75, 3.05) is 20.3 Å². The fraction of sp³-hybridized carbons (Fsp3) is 0.900. The Labute approximate surface area is 89.6 Å². The number of aliphatic hydroxyl groups is 1. The van der Waals surface area contributed by atoms with Crippen LogP contribution in [0.25, 0.3) is 0 Å². The van der Waals surface area contributed by atoms with E-state index in [1.54, 1.807) is 7.11 Å². The summed E-state index contributed by atoms with van der Waals surface area (Å²) in [5.74, 6) is -0.851. The smallest absolute Gasteiger partial charge is 0.321 e. The van der Waals surface area contributed by atoms with E-state index >= 15 is 0 Å². The van der Waals surface area contributed by atoms with Crippen LogP contribution in [0.5, 0.6) is 0 Å². The van der Waals surface area contributed by atoms with Gasteiger partial charge >= 0.3 is 5.97 Å². The molecular formula is C10H19NO4. The third-order valence-corrected chi connectivity index (χ3v) is 2.91. The predicted molar refractivity (Wildman–Crippen MR) is 54.7 cm³/mol. The van der Waals surface area contributed by atoms with Gasteiger partial charge in [0.05, 0.1) is 6.10 Å². The summed E-state index contributed by atoms with van der Waals surface area (Å²) >= 11 is 0. The van der Waals surface area contributed by atoms with Crippen LogP contribution in [-0.4, -0.2) is 59.5 Å². The van der Waals surface area contributed by atoms with E-state index in [0.717, 1.165) is 6.42 Å². The number of rotatable bonds is 5. The monoisotopic (exact) mass is 217 g/mol. The van der Waals surface area contributed by atoms with Crippen molar-refractivity contribution < 1.29 is 19.7 Å². The van der Waals surface area contributed by atoms with Crippen molar-refractivity contribution in [3.05, 3.63) is 0 Å². The van der Waals surface area contributed by atoms with Gasteiger partial charge in [0.1, 0.15) is 6.04 Å². The minimum absolute atomic E-state index is 0.128. The zero-order chi connectivity index (χ0) is 11.4. The average molecular weight is 217 g/mol. The molecule has 0 aromatic carbocycles. The minimum Gasteiger partial charge on any atom is -0.480 e. The Hall–Kier alpha value is -0.650. The Morgan fingerprint density at radius 1 is 1.67 bits per heavy atom. The Kier molecular flexibility index (Phi) is 4.50. The highest BCUT2D eigenvalue weighted by molar-refractivity contribution is 5.74. The number of aliphatic hydroxyl groups excluding tert-OH is 1. The molecule has 3 unspecified atom stereocenters. The van der Waals surface area contributed by atoms with Gasteiger partial charge in [0.15, 0.2) is 0 Å². The van der Waals surface area contributed by atoms with Crippen LogP contribution in [0.4, 0.5) is 0 Å². The van der Waals surface area contributed by atoms with E-state index < -0.39 is 18.1 Å². The normalized spacial score (nSPS) is 29.3. The highest BCUT2D eigenvalue weighted by Crippen LogP contribution is 2.22. The second kappa shape index (κ2) is 5.44. The summed E-state index contributed by atoms with van der Waals surface area (Å²) in [7, 11) is 1.63. The van der Waals surface area contributed by atoms with Crippen LogP contribution in [0.15, 0.2) is 0 Å². The number of carboxylic acid groups (broad SMARTS) is 1. The molecular weight excluding hydrogens is 198 g/mol. The number of hydrogen-bond acceptors (Lipinski definition) is 4. The highest BCUT2D eigenvalue weighted by atomic mass is 16.5. The van der Waals surface area contributed by atoms with Gasteiger partial charge in [0.2, 0.25) is 0 Å². The molecule has 2 N–H and O–H groups in total. The van der Waals surface area contributed by atoms with E-state index in [2.05, 4.69) is 0 Å². The SMILES string of the molecule is COCCC(C)N1CC(O)CC1C(=O)O. The summed E-state index contributed by atoms with van der Waals surface area (Å²) in [4.78, 5) is 12.8. The lowest BCUT2D eigenvalue weighted by Crippen LogP contribution is -2.42. The molecule has 1 fully saturated rings. The number of likely N-dealkylation sites (tertiary alicyclic amines) is 1. The molecule has 0 aromatic rings. The van der Waals surface area contributed by atoms with Crippen LogP contribution in [-0.2, 0) is 9.53 Å². The zero-order valence-electron chi connectivity index (χ0n) is 9.22. The van der Waals surface area contributed by atoms with E-state index in [4.69, 9.17) is 9.84 Å². The Morgan fingerprint density at radius 2 is 2.33 bits per heavy atom. The number of carboxylic acids is 1. The number of nitrogens with zero attached hydrogens (tertiary/aromatic N) is 1. The molecule has 1 saturated heterocycles. The van der Waals surface area contributed by atoms with Gasteiger partial charge in [-0.25, -0.2) is 0 Å². The number of methoxy groups -OCH3 is 1. The van der Waals surface area contributed by atoms with Gasteiger partial charge in [0, 0.05) is 32.7 Å². The standard InChI is InChI=1S/C10H19NO4/c1-7(3-4-15-2)11-6-8(12)5-9(11)10(13)14/h7-9,12H,3-6H2,1-2H3,(H,13,14). The van der Waals surface area contributed by atoms with E-state index in [-0.39, 0.29) is 6.04 Å². The predicted octanol–water partition coefficient (Wildman–Crippen LogP) is -0.0688. The molecule has 0 aromatic heterocycles. The largest absolute Gasteiger partial charge is 0.480 e. The number of carbonyl (C=O) groups is 1. The molecule has 3 atom stereocenters. The molecule has 0 saturated carbocycles. The van der Waals surface area contributed by atoms with Crippen LogP contribution in [0, 0.1) is 0 Å². The number of β-amino-alcohol motifs (C(OH)–C–C–N with tert-alkyl or cyclic N) is 1. The summed E-state index contributed by atoms with van der Waals surface area (Å²) in [6.07, 6.45) is 0.593. The van der Waals surface area contributed by atoms with Crippen molar-refractivity contribution >= 4 is 5.97 Å². The first-order valence-corrected chi connectivity index (χ1v) is 5.21. The topological polar surface area (TPSA) is 70.0 Å². The maximum atomic E-state index is 11.0. The quantitative estimate of drug-likeness (QED) is 0.674. The van der Waals surface area contributed by atoms with E-state index in [9.17, 15) is 9.90 Å². The molecule has 0 radical (unpaired) electrons. The molecule has 0 amide bonds. The maximum absolute atomic E-state index is 11.0. The van der Waals surface area contributed by atoms with Crippen molar-refractivity contribution in [2.24, 2.45) is 0 Å². The Balaban J connectivity index is 2.54. The number of ether oxygens (including phenoxy) is 1. The van der Waals surface area contributed by atoms with Gasteiger partial charge in [-0.1, -0.05) is 0 Å². The average Bonchev–Trinajstić information content (AvgIpc) is 2.57. The third kappa shape index (κ3) is 3.15. The van der Waals surface area contributed by atoms with Crippen LogP contribution in [0.1, 0.15) is 19.8 Å². The van der Waals surface area contributed by atoms with Gasteiger partial charge in [0.25, 0.3) is 0 Å². The summed E-state index contributed by atoms with van der Waals surface area (Å²) in [6.45, 7) is 3.02. The first-order valence-electron chi connectivity index (χ1n) is 5.21. The lowest BCUT2D eigenvalue weighted by atomic mass is 10.1. The molecule has 1 aliphatic rings. The summed E-state index contributed by atoms with van der Waals surface area (Å²) in [5.41, 5.74) is 0. The first-order chi connectivity index (χ1) is 7.06. The lowest BCUT2D eigenvalue weighted by molar-refractivity contribution is -0.143. The van der Waals surface area contributed by atoms with Gasteiger partial charge in [-0.05, 0) is 13.3 Å². The molecule has 0 spiro atoms. The summed E-state index contributed by atoms with van der Waals surface area (Å²) < 4.78 is 4.96. The fourth-order valence-electron chi connectivity index (χ4n) is 2.02. The summed E-state index contributed by atoms with van der Waals surface area (Å²) in [6, 6.07) is -0.421. The summed E-state index contributed by atoms with van der Waals surface area (Å²) in [5, 5.41) is 18.4. The van der Waals surface area contributed by atoms with Crippen LogP contribution in [0.2, 0.25) is 0 Å². The van der Waals surface area contributed by atoms with Crippen molar-refractivity contribution in [3.63, 3.8) is 0 Å². The van der Waals surface area contributed by atoms with Crippen LogP contribution in [0.3, 0.4) is 0 Å². The van der Waals surface area contributed by atoms with Crippen molar-refractivity contribution in [3.8, 4) is 0 Å². The maximum Gasteiger partial charge on any atom is 0.321 e. The second-order valence-corrected chi connectivity index (χ2v) is 4.07. The van der Waals surface area contributed by atoms with Gasteiger partial charge in [-0.2, -0.15) is 0 Å². The zero-order valence-corrected chi connectivity index (χ0v) is 9.22. The first kappa shape index (κ1) is 12.4. The van der Waals surface area contributed by atoms with Crippen molar-refractivity contribution in [1.82, 2.24) is 4.90 Å². The molecule has 1 heterocycles. The lowest BCUT2D eigenvalue weighted by Gasteiger charge is -2.27. The minimum atomic E-state index is -0.851. The molecule has 5 nitrogen and oxygen atoms in total. The van der Waals surface area contributed by atoms with Gasteiger partial charge < -0.3 is 14.9 Å². The number of aliphatic carboxylic acids is 1. The fourth-order valence-corrected chi connectivity index (χ4v) is 2.02. The van der Waals surface area contributed by atoms with E-state index in [0.29, 0.717) is 19.6 Å². The molecule has 0 aliphatic carbocycles. The molecule has 0 bridgehead atoms. The highest BCUT2D eigenvalue weighted by Gasteiger charge is 2.38. The second-order valence-electron chi connectivity index (χ2n) is 4.07. The molecule has 5 heteroatoms. The third-order valence-electron chi connectivity index (χ3n) is 2.91. The van der Waals surface area contributed by atoms with E-state index in [1.165, 1.54) is 0 Å².